The summed E-state index contributed by atoms with van der Waals surface area (Å²) >= 11 is 16.9. The van der Waals surface area contributed by atoms with E-state index in [0.717, 1.165) is 12.8 Å². The Morgan fingerprint density at radius 2 is 2.08 bits per heavy atom. The van der Waals surface area contributed by atoms with Crippen molar-refractivity contribution in [2.45, 2.75) is 30.0 Å². The van der Waals surface area contributed by atoms with Gasteiger partial charge in [-0.15, -0.1) is 0 Å². The van der Waals surface area contributed by atoms with Crippen molar-refractivity contribution in [2.75, 3.05) is 6.61 Å². The monoisotopic (exact) mass is 245 g/mol. The number of carbonyl (C=O) groups excluding carboxylic acids is 1. The predicted molar refractivity (Wildman–Crippen MR) is 55.0 cm³/mol. The number of ether oxygens (including phenoxy) is 1. The average Bonchev–Trinajstić information content (AvgIpc) is 1.98. The minimum Gasteiger partial charge on any atom is -0.457 e. The van der Waals surface area contributed by atoms with E-state index in [0.29, 0.717) is 6.42 Å². The molecular formula is C8H12Cl3O2. The molecule has 0 aromatic carbocycles. The quantitative estimate of drug-likeness (QED) is 0.673. The normalized spacial score (nSPS) is 13.8. The van der Waals surface area contributed by atoms with Crippen molar-refractivity contribution >= 4 is 41.3 Å². The van der Waals surface area contributed by atoms with E-state index in [1.807, 2.05) is 6.92 Å². The summed E-state index contributed by atoms with van der Waals surface area (Å²) in [6, 6.07) is 0. The second-order valence-corrected chi connectivity index (χ2v) is 5.38. The molecule has 0 aliphatic heterocycles. The van der Waals surface area contributed by atoms with Gasteiger partial charge in [0.25, 0.3) is 0 Å². The Labute approximate surface area is 93.5 Å². The summed E-state index contributed by atoms with van der Waals surface area (Å²) in [7, 11) is 0. The second-order valence-electron chi connectivity index (χ2n) is 2.87. The highest BCUT2D eigenvalue weighted by Gasteiger charge is 2.25. The fourth-order valence-corrected chi connectivity index (χ4v) is 1.79. The van der Waals surface area contributed by atoms with Crippen LogP contribution < -0.4 is 0 Å². The van der Waals surface area contributed by atoms with Crippen molar-refractivity contribution in [3.63, 3.8) is 0 Å². The molecule has 2 nitrogen and oxygen atoms in total. The van der Waals surface area contributed by atoms with E-state index >= 15 is 0 Å². The molecule has 0 saturated carbocycles. The second kappa shape index (κ2) is 6.74. The van der Waals surface area contributed by atoms with E-state index in [9.17, 15) is 4.79 Å². The molecule has 0 heterocycles. The number of hydrogen-bond donors (Lipinski definition) is 0. The Morgan fingerprint density at radius 1 is 1.46 bits per heavy atom. The molecule has 1 radical (unpaired) electrons. The van der Waals surface area contributed by atoms with Crippen LogP contribution in [0.15, 0.2) is 0 Å². The van der Waals surface area contributed by atoms with Gasteiger partial charge in [-0.05, 0) is 12.3 Å². The Kier molecular flexibility index (Phi) is 6.92. The first-order valence-electron chi connectivity index (χ1n) is 4.05. The fraction of sp³-hybridized carbons (Fsp3) is 0.875. The summed E-state index contributed by atoms with van der Waals surface area (Å²) in [5.41, 5.74) is 0. The van der Waals surface area contributed by atoms with Crippen LogP contribution >= 0.6 is 34.8 Å². The maximum absolute atomic E-state index is 9.83. The molecule has 0 fully saturated rings. The molecule has 0 amide bonds. The minimum absolute atomic E-state index is 0.0962. The van der Waals surface area contributed by atoms with Gasteiger partial charge in [0.05, 0.1) is 6.61 Å². The number of halogens is 3. The SMILES string of the molecule is CCCC(CO[C]=O)CC(Cl)(Cl)Cl. The van der Waals surface area contributed by atoms with E-state index in [1.54, 1.807) is 0 Å². The molecule has 0 aliphatic carbocycles. The van der Waals surface area contributed by atoms with Gasteiger partial charge in [0.2, 0.25) is 0 Å². The summed E-state index contributed by atoms with van der Waals surface area (Å²) in [5, 5.41) is 0. The van der Waals surface area contributed by atoms with Gasteiger partial charge < -0.3 is 4.74 Å². The van der Waals surface area contributed by atoms with Gasteiger partial charge in [-0.2, -0.15) is 0 Å². The van der Waals surface area contributed by atoms with Crippen LogP contribution in [0.3, 0.4) is 0 Å². The first-order chi connectivity index (χ1) is 5.99. The Hall–Kier alpha value is 0.340. The summed E-state index contributed by atoms with van der Waals surface area (Å²) in [6.45, 7) is 3.66. The first-order valence-corrected chi connectivity index (χ1v) is 5.18. The molecule has 5 heteroatoms. The van der Waals surface area contributed by atoms with Crippen LogP contribution in [-0.4, -0.2) is 16.9 Å². The van der Waals surface area contributed by atoms with Crippen LogP contribution in [0.25, 0.3) is 0 Å². The van der Waals surface area contributed by atoms with Crippen molar-refractivity contribution in [1.82, 2.24) is 0 Å². The molecule has 0 N–H and O–H groups in total. The highest BCUT2D eigenvalue weighted by Crippen LogP contribution is 2.34. The third-order valence-electron chi connectivity index (χ3n) is 1.60. The molecule has 13 heavy (non-hydrogen) atoms. The average molecular weight is 247 g/mol. The molecule has 77 valence electrons. The largest absolute Gasteiger partial charge is 0.457 e. The van der Waals surface area contributed by atoms with Gasteiger partial charge in [-0.1, -0.05) is 48.1 Å². The molecule has 1 atom stereocenters. The van der Waals surface area contributed by atoms with Crippen molar-refractivity contribution in [2.24, 2.45) is 5.92 Å². The molecule has 0 saturated heterocycles. The van der Waals surface area contributed by atoms with E-state index in [-0.39, 0.29) is 12.5 Å². The molecule has 0 rings (SSSR count). The van der Waals surface area contributed by atoms with Gasteiger partial charge in [0, 0.05) is 6.42 Å². The van der Waals surface area contributed by atoms with E-state index in [4.69, 9.17) is 34.8 Å². The smallest absolute Gasteiger partial charge is 0.417 e. The fourth-order valence-electron chi connectivity index (χ4n) is 1.13. The van der Waals surface area contributed by atoms with Gasteiger partial charge in [0.15, 0.2) is 3.79 Å². The molecule has 1 unspecified atom stereocenters. The molecule has 0 spiro atoms. The van der Waals surface area contributed by atoms with Crippen molar-refractivity contribution in [3.8, 4) is 0 Å². The Balaban J connectivity index is 3.86. The van der Waals surface area contributed by atoms with Gasteiger partial charge in [-0.25, -0.2) is 4.79 Å². The highest BCUT2D eigenvalue weighted by atomic mass is 35.6. The molecule has 0 aromatic rings. The van der Waals surface area contributed by atoms with Crippen LogP contribution in [0.2, 0.25) is 0 Å². The van der Waals surface area contributed by atoms with Crippen LogP contribution in [0.5, 0.6) is 0 Å². The zero-order valence-electron chi connectivity index (χ0n) is 7.36. The molecule has 0 aromatic heterocycles. The lowest BCUT2D eigenvalue weighted by Crippen LogP contribution is -2.16. The summed E-state index contributed by atoms with van der Waals surface area (Å²) in [5.74, 6) is 0.0962. The van der Waals surface area contributed by atoms with E-state index in [1.165, 1.54) is 6.47 Å². The van der Waals surface area contributed by atoms with Crippen molar-refractivity contribution < 1.29 is 9.53 Å². The summed E-state index contributed by atoms with van der Waals surface area (Å²) < 4.78 is 3.24. The highest BCUT2D eigenvalue weighted by molar-refractivity contribution is 6.67. The van der Waals surface area contributed by atoms with Gasteiger partial charge in [0.1, 0.15) is 0 Å². The maximum Gasteiger partial charge on any atom is 0.417 e. The predicted octanol–water partition coefficient (Wildman–Crippen LogP) is 3.25. The third kappa shape index (κ3) is 8.66. The summed E-state index contributed by atoms with van der Waals surface area (Å²) in [4.78, 5) is 9.83. The third-order valence-corrected chi connectivity index (χ3v) is 2.06. The molecule has 0 aliphatic rings. The topological polar surface area (TPSA) is 26.3 Å². The van der Waals surface area contributed by atoms with Gasteiger partial charge >= 0.3 is 6.47 Å². The van der Waals surface area contributed by atoms with Crippen molar-refractivity contribution in [3.05, 3.63) is 0 Å². The maximum atomic E-state index is 9.83. The zero-order valence-corrected chi connectivity index (χ0v) is 9.62. The van der Waals surface area contributed by atoms with Crippen LogP contribution in [0, 0.1) is 5.92 Å². The molecule has 0 bridgehead atoms. The Bertz CT molecular complexity index is 145. The molecular weight excluding hydrogens is 234 g/mol. The first kappa shape index (κ1) is 13.3. The van der Waals surface area contributed by atoms with Gasteiger partial charge in [-0.3, -0.25) is 0 Å². The lowest BCUT2D eigenvalue weighted by Gasteiger charge is -2.19. The van der Waals surface area contributed by atoms with Crippen LogP contribution in [0.4, 0.5) is 0 Å². The standard InChI is InChI=1S/C8H12Cl3O2/c1-2-3-7(5-13-6-12)4-8(9,10)11/h7H,2-5H2,1H3. The number of hydrogen-bond acceptors (Lipinski definition) is 2. The zero-order chi connectivity index (χ0) is 10.3. The van der Waals surface area contributed by atoms with E-state index < -0.39 is 3.79 Å². The Morgan fingerprint density at radius 3 is 2.46 bits per heavy atom. The van der Waals surface area contributed by atoms with Crippen molar-refractivity contribution in [1.29, 1.82) is 0 Å². The summed E-state index contributed by atoms with van der Waals surface area (Å²) in [6.07, 6.45) is 2.23. The lowest BCUT2D eigenvalue weighted by atomic mass is 10.0. The number of alkyl halides is 3. The number of rotatable bonds is 6. The van der Waals surface area contributed by atoms with Crippen LogP contribution in [0.1, 0.15) is 26.2 Å². The van der Waals surface area contributed by atoms with Crippen LogP contribution in [-0.2, 0) is 9.53 Å². The lowest BCUT2D eigenvalue weighted by molar-refractivity contribution is 0.208. The minimum atomic E-state index is -1.27. The van der Waals surface area contributed by atoms with E-state index in [2.05, 4.69) is 4.74 Å².